The van der Waals surface area contributed by atoms with E-state index in [-0.39, 0.29) is 17.6 Å². The van der Waals surface area contributed by atoms with Gasteiger partial charge in [0.25, 0.3) is 0 Å². The van der Waals surface area contributed by atoms with E-state index in [2.05, 4.69) is 10.3 Å². The number of nitrogens with one attached hydrogen (secondary N) is 1. The summed E-state index contributed by atoms with van der Waals surface area (Å²) in [6.45, 7) is 2.99. The molecule has 0 atom stereocenters. The van der Waals surface area contributed by atoms with E-state index in [4.69, 9.17) is 4.74 Å². The number of carbonyl (C=O) groups is 1. The molecule has 5 nitrogen and oxygen atoms in total. The predicted octanol–water partition coefficient (Wildman–Crippen LogP) is 2.00. The summed E-state index contributed by atoms with van der Waals surface area (Å²) in [4.78, 5) is 15.8. The van der Waals surface area contributed by atoms with Crippen LogP contribution in [0.2, 0.25) is 0 Å². The van der Waals surface area contributed by atoms with Crippen LogP contribution in [-0.2, 0) is 16.1 Å². The number of aromatic hydroxyl groups is 1. The zero-order valence-electron chi connectivity index (χ0n) is 11.8. The van der Waals surface area contributed by atoms with Gasteiger partial charge in [0.1, 0.15) is 5.75 Å². The summed E-state index contributed by atoms with van der Waals surface area (Å²) in [7, 11) is 0. The Morgan fingerprint density at radius 2 is 2.15 bits per heavy atom. The molecule has 1 aromatic heterocycles. The largest absolute Gasteiger partial charge is 0.506 e. The SMILES string of the molecule is CCOC(=O)C1CCC(NCc2ccc(O)cn2)CC1. The van der Waals surface area contributed by atoms with Crippen LogP contribution < -0.4 is 5.32 Å². The molecule has 0 aromatic carbocycles. The molecule has 1 saturated carbocycles. The Morgan fingerprint density at radius 3 is 2.75 bits per heavy atom. The number of hydrogen-bond donors (Lipinski definition) is 2. The summed E-state index contributed by atoms with van der Waals surface area (Å²) in [5.41, 5.74) is 0.912. The maximum absolute atomic E-state index is 11.6. The molecule has 0 spiro atoms. The van der Waals surface area contributed by atoms with Crippen LogP contribution in [0.15, 0.2) is 18.3 Å². The number of rotatable bonds is 5. The van der Waals surface area contributed by atoms with E-state index in [1.807, 2.05) is 13.0 Å². The van der Waals surface area contributed by atoms with Crippen LogP contribution in [0.1, 0.15) is 38.3 Å². The lowest BCUT2D eigenvalue weighted by Crippen LogP contribution is -2.35. The minimum absolute atomic E-state index is 0.0499. The van der Waals surface area contributed by atoms with Crippen molar-refractivity contribution in [1.82, 2.24) is 10.3 Å². The van der Waals surface area contributed by atoms with Crippen molar-refractivity contribution >= 4 is 5.97 Å². The van der Waals surface area contributed by atoms with E-state index >= 15 is 0 Å². The van der Waals surface area contributed by atoms with E-state index in [1.54, 1.807) is 6.07 Å². The number of pyridine rings is 1. The van der Waals surface area contributed by atoms with Gasteiger partial charge in [0.05, 0.1) is 24.4 Å². The minimum Gasteiger partial charge on any atom is -0.506 e. The molecule has 1 aliphatic rings. The van der Waals surface area contributed by atoms with Gasteiger partial charge in [-0.15, -0.1) is 0 Å². The number of nitrogens with zero attached hydrogens (tertiary/aromatic N) is 1. The Hall–Kier alpha value is -1.62. The predicted molar refractivity (Wildman–Crippen MR) is 75.1 cm³/mol. The molecule has 0 bridgehead atoms. The van der Waals surface area contributed by atoms with Crippen LogP contribution in [0.4, 0.5) is 0 Å². The average Bonchev–Trinajstić information content (AvgIpc) is 2.47. The van der Waals surface area contributed by atoms with Crippen molar-refractivity contribution in [3.63, 3.8) is 0 Å². The Morgan fingerprint density at radius 1 is 1.40 bits per heavy atom. The number of carbonyl (C=O) groups excluding carboxylic acids is 1. The second-order valence-electron chi connectivity index (χ2n) is 5.19. The van der Waals surface area contributed by atoms with Gasteiger partial charge in [-0.3, -0.25) is 9.78 Å². The molecule has 2 rings (SSSR count). The van der Waals surface area contributed by atoms with Crippen LogP contribution in [-0.4, -0.2) is 28.7 Å². The van der Waals surface area contributed by atoms with E-state index in [0.29, 0.717) is 19.2 Å². The highest BCUT2D eigenvalue weighted by Gasteiger charge is 2.26. The van der Waals surface area contributed by atoms with Crippen LogP contribution in [0.3, 0.4) is 0 Å². The summed E-state index contributed by atoms with van der Waals surface area (Å²) in [5.74, 6) is 0.203. The van der Waals surface area contributed by atoms with Gasteiger partial charge in [-0.1, -0.05) is 0 Å². The molecule has 0 saturated heterocycles. The fourth-order valence-corrected chi connectivity index (χ4v) is 2.56. The summed E-state index contributed by atoms with van der Waals surface area (Å²) in [6.07, 6.45) is 5.21. The second kappa shape index (κ2) is 7.24. The van der Waals surface area contributed by atoms with Gasteiger partial charge in [0.2, 0.25) is 0 Å². The fraction of sp³-hybridized carbons (Fsp3) is 0.600. The molecule has 0 aliphatic heterocycles. The van der Waals surface area contributed by atoms with Crippen molar-refractivity contribution in [3.8, 4) is 5.75 Å². The summed E-state index contributed by atoms with van der Waals surface area (Å²) in [6, 6.07) is 3.88. The van der Waals surface area contributed by atoms with Crippen LogP contribution >= 0.6 is 0 Å². The molecule has 110 valence electrons. The zero-order valence-corrected chi connectivity index (χ0v) is 11.8. The first-order valence-corrected chi connectivity index (χ1v) is 7.23. The standard InChI is InChI=1S/C15H22N2O3/c1-2-20-15(19)11-3-5-12(6-4-11)16-9-13-7-8-14(18)10-17-13/h7-8,10-12,16,18H,2-6,9H2,1H3. The van der Waals surface area contributed by atoms with Gasteiger partial charge in [-0.25, -0.2) is 0 Å². The van der Waals surface area contributed by atoms with Crippen molar-refractivity contribution in [2.45, 2.75) is 45.2 Å². The minimum atomic E-state index is -0.0499. The Labute approximate surface area is 119 Å². The molecular weight excluding hydrogens is 256 g/mol. The lowest BCUT2D eigenvalue weighted by molar-refractivity contribution is -0.149. The highest BCUT2D eigenvalue weighted by Crippen LogP contribution is 2.25. The highest BCUT2D eigenvalue weighted by molar-refractivity contribution is 5.72. The molecule has 5 heteroatoms. The van der Waals surface area contributed by atoms with Crippen molar-refractivity contribution < 1.29 is 14.6 Å². The quantitative estimate of drug-likeness (QED) is 0.806. The highest BCUT2D eigenvalue weighted by atomic mass is 16.5. The Kier molecular flexibility index (Phi) is 5.35. The maximum atomic E-state index is 11.6. The fourth-order valence-electron chi connectivity index (χ4n) is 2.56. The third-order valence-corrected chi connectivity index (χ3v) is 3.73. The normalized spacial score (nSPS) is 22.4. The molecule has 20 heavy (non-hydrogen) atoms. The molecule has 0 unspecified atom stereocenters. The lowest BCUT2D eigenvalue weighted by atomic mass is 9.86. The average molecular weight is 278 g/mol. The molecule has 1 fully saturated rings. The van der Waals surface area contributed by atoms with E-state index in [9.17, 15) is 9.90 Å². The first kappa shape index (κ1) is 14.8. The van der Waals surface area contributed by atoms with Gasteiger partial charge in [-0.2, -0.15) is 0 Å². The monoisotopic (exact) mass is 278 g/mol. The van der Waals surface area contributed by atoms with Crippen LogP contribution in [0.5, 0.6) is 5.75 Å². The van der Waals surface area contributed by atoms with E-state index in [0.717, 1.165) is 31.4 Å². The summed E-state index contributed by atoms with van der Waals surface area (Å²) in [5, 5.41) is 12.6. The number of hydrogen-bond acceptors (Lipinski definition) is 5. The van der Waals surface area contributed by atoms with Crippen molar-refractivity contribution in [1.29, 1.82) is 0 Å². The Bertz CT molecular complexity index is 425. The molecule has 0 amide bonds. The van der Waals surface area contributed by atoms with Crippen molar-refractivity contribution in [2.75, 3.05) is 6.61 Å². The van der Waals surface area contributed by atoms with Crippen LogP contribution in [0.25, 0.3) is 0 Å². The smallest absolute Gasteiger partial charge is 0.308 e. The topological polar surface area (TPSA) is 71.5 Å². The third kappa shape index (κ3) is 4.20. The molecule has 1 aromatic rings. The number of ether oxygens (including phenoxy) is 1. The third-order valence-electron chi connectivity index (χ3n) is 3.73. The van der Waals surface area contributed by atoms with Gasteiger partial charge in [0, 0.05) is 12.6 Å². The van der Waals surface area contributed by atoms with Gasteiger partial charge >= 0.3 is 5.97 Å². The van der Waals surface area contributed by atoms with Crippen LogP contribution in [0, 0.1) is 5.92 Å². The van der Waals surface area contributed by atoms with Crippen molar-refractivity contribution in [3.05, 3.63) is 24.0 Å². The van der Waals surface area contributed by atoms with Gasteiger partial charge < -0.3 is 15.2 Å². The van der Waals surface area contributed by atoms with Crippen molar-refractivity contribution in [2.24, 2.45) is 5.92 Å². The first-order chi connectivity index (χ1) is 9.69. The summed E-state index contributed by atoms with van der Waals surface area (Å²) >= 11 is 0. The summed E-state index contributed by atoms with van der Waals surface area (Å²) < 4.78 is 5.06. The molecule has 1 aliphatic carbocycles. The lowest BCUT2D eigenvalue weighted by Gasteiger charge is -2.27. The second-order valence-corrected chi connectivity index (χ2v) is 5.19. The number of aromatic nitrogens is 1. The molecule has 1 heterocycles. The van der Waals surface area contributed by atoms with E-state index < -0.39 is 0 Å². The molecule has 0 radical (unpaired) electrons. The first-order valence-electron chi connectivity index (χ1n) is 7.23. The maximum Gasteiger partial charge on any atom is 0.308 e. The van der Waals surface area contributed by atoms with Gasteiger partial charge in [0.15, 0.2) is 0 Å². The Balaban J connectivity index is 1.72. The number of esters is 1. The molecular formula is C15H22N2O3. The van der Waals surface area contributed by atoms with E-state index in [1.165, 1.54) is 6.20 Å². The molecule has 2 N–H and O–H groups in total. The zero-order chi connectivity index (χ0) is 14.4. The van der Waals surface area contributed by atoms with Gasteiger partial charge in [-0.05, 0) is 44.7 Å².